The lowest BCUT2D eigenvalue weighted by molar-refractivity contribution is -0.0505. The van der Waals surface area contributed by atoms with E-state index < -0.39 is 6.61 Å². The maximum atomic E-state index is 12.4. The van der Waals surface area contributed by atoms with Gasteiger partial charge in [-0.15, -0.1) is 0 Å². The lowest BCUT2D eigenvalue weighted by atomic mass is 9.75. The molecule has 0 aromatic heterocycles. The van der Waals surface area contributed by atoms with Crippen molar-refractivity contribution in [2.75, 3.05) is 0 Å². The van der Waals surface area contributed by atoms with Gasteiger partial charge in [0.1, 0.15) is 5.75 Å². The smallest absolute Gasteiger partial charge is 0.387 e. The van der Waals surface area contributed by atoms with Crippen molar-refractivity contribution in [1.29, 1.82) is 0 Å². The molecule has 0 atom stereocenters. The van der Waals surface area contributed by atoms with Crippen molar-refractivity contribution >= 4 is 11.6 Å². The zero-order chi connectivity index (χ0) is 15.5. The summed E-state index contributed by atoms with van der Waals surface area (Å²) in [5.41, 5.74) is 1.09. The van der Waals surface area contributed by atoms with Crippen molar-refractivity contribution in [1.82, 2.24) is 5.32 Å². The SMILES string of the molecule is CC1(C)CCC(NCc2cc(Cl)ccc2OC(F)F)CC1. The molecule has 0 spiro atoms. The van der Waals surface area contributed by atoms with E-state index in [1.165, 1.54) is 18.9 Å². The Balaban J connectivity index is 1.95. The Labute approximate surface area is 129 Å². The van der Waals surface area contributed by atoms with E-state index in [-0.39, 0.29) is 5.75 Å². The summed E-state index contributed by atoms with van der Waals surface area (Å²) < 4.78 is 29.4. The average Bonchev–Trinajstić information content (AvgIpc) is 2.40. The highest BCUT2D eigenvalue weighted by atomic mass is 35.5. The second-order valence-corrected chi connectivity index (χ2v) is 6.89. The molecule has 2 rings (SSSR count). The quantitative estimate of drug-likeness (QED) is 0.825. The first-order valence-electron chi connectivity index (χ1n) is 7.32. The molecular weight excluding hydrogens is 296 g/mol. The minimum absolute atomic E-state index is 0.193. The molecule has 0 bridgehead atoms. The van der Waals surface area contributed by atoms with Crippen molar-refractivity contribution in [3.8, 4) is 5.75 Å². The summed E-state index contributed by atoms with van der Waals surface area (Å²) in [4.78, 5) is 0. The molecule has 1 aromatic carbocycles. The maximum absolute atomic E-state index is 12.4. The molecular formula is C16H22ClF2NO. The van der Waals surface area contributed by atoms with Gasteiger partial charge in [-0.1, -0.05) is 25.4 Å². The van der Waals surface area contributed by atoms with E-state index in [1.54, 1.807) is 12.1 Å². The molecule has 21 heavy (non-hydrogen) atoms. The Kier molecular flexibility index (Phi) is 5.44. The number of alkyl halides is 2. The third kappa shape index (κ3) is 5.11. The predicted octanol–water partition coefficient (Wildman–Crippen LogP) is 5.00. The molecule has 0 unspecified atom stereocenters. The first kappa shape index (κ1) is 16.5. The monoisotopic (exact) mass is 317 g/mol. The average molecular weight is 318 g/mol. The fourth-order valence-corrected chi connectivity index (χ4v) is 2.95. The maximum Gasteiger partial charge on any atom is 0.387 e. The Hall–Kier alpha value is -0.870. The lowest BCUT2D eigenvalue weighted by Crippen LogP contribution is -2.35. The summed E-state index contributed by atoms with van der Waals surface area (Å²) >= 11 is 5.94. The van der Waals surface area contributed by atoms with E-state index in [1.807, 2.05) is 0 Å². The van der Waals surface area contributed by atoms with Crippen LogP contribution in [0.2, 0.25) is 5.02 Å². The van der Waals surface area contributed by atoms with Crippen LogP contribution in [0.4, 0.5) is 8.78 Å². The number of rotatable bonds is 5. The van der Waals surface area contributed by atoms with Crippen LogP contribution in [0.1, 0.15) is 45.1 Å². The Morgan fingerprint density at radius 1 is 1.33 bits per heavy atom. The van der Waals surface area contributed by atoms with Crippen molar-refractivity contribution in [2.45, 2.75) is 58.7 Å². The van der Waals surface area contributed by atoms with Gasteiger partial charge in [0, 0.05) is 23.2 Å². The zero-order valence-electron chi connectivity index (χ0n) is 12.5. The van der Waals surface area contributed by atoms with Crippen LogP contribution >= 0.6 is 11.6 Å². The van der Waals surface area contributed by atoms with Crippen LogP contribution in [-0.2, 0) is 6.54 Å². The van der Waals surface area contributed by atoms with Crippen LogP contribution in [0.3, 0.4) is 0 Å². The Morgan fingerprint density at radius 2 is 2.00 bits per heavy atom. The molecule has 1 aromatic rings. The number of benzene rings is 1. The van der Waals surface area contributed by atoms with Crippen LogP contribution < -0.4 is 10.1 Å². The van der Waals surface area contributed by atoms with Gasteiger partial charge in [-0.25, -0.2) is 0 Å². The normalized spacial score (nSPS) is 19.0. The second-order valence-electron chi connectivity index (χ2n) is 6.45. The highest BCUT2D eigenvalue weighted by Crippen LogP contribution is 2.35. The van der Waals surface area contributed by atoms with Crippen molar-refractivity contribution in [3.05, 3.63) is 28.8 Å². The van der Waals surface area contributed by atoms with Gasteiger partial charge >= 0.3 is 6.61 Å². The van der Waals surface area contributed by atoms with Gasteiger partial charge in [-0.3, -0.25) is 0 Å². The summed E-state index contributed by atoms with van der Waals surface area (Å²) in [6.45, 7) is 2.25. The van der Waals surface area contributed by atoms with Gasteiger partial charge in [-0.05, 0) is 49.3 Å². The van der Waals surface area contributed by atoms with Gasteiger partial charge in [0.2, 0.25) is 0 Å². The zero-order valence-corrected chi connectivity index (χ0v) is 13.2. The molecule has 0 radical (unpaired) electrons. The van der Waals surface area contributed by atoms with Crippen molar-refractivity contribution < 1.29 is 13.5 Å². The van der Waals surface area contributed by atoms with Crippen LogP contribution in [0, 0.1) is 5.41 Å². The summed E-state index contributed by atoms with van der Waals surface area (Å²) in [5.74, 6) is 0.193. The molecule has 1 aliphatic carbocycles. The van der Waals surface area contributed by atoms with Crippen molar-refractivity contribution in [2.24, 2.45) is 5.41 Å². The van der Waals surface area contributed by atoms with Gasteiger partial charge in [-0.2, -0.15) is 8.78 Å². The largest absolute Gasteiger partial charge is 0.434 e. The molecule has 0 heterocycles. The predicted molar refractivity (Wildman–Crippen MR) is 81.0 cm³/mol. The first-order valence-corrected chi connectivity index (χ1v) is 7.70. The molecule has 0 saturated heterocycles. The van der Waals surface area contributed by atoms with E-state index in [0.29, 0.717) is 28.6 Å². The highest BCUT2D eigenvalue weighted by molar-refractivity contribution is 6.30. The molecule has 5 heteroatoms. The van der Waals surface area contributed by atoms with Crippen LogP contribution in [0.25, 0.3) is 0 Å². The van der Waals surface area contributed by atoms with Gasteiger partial charge in [0.05, 0.1) is 0 Å². The second kappa shape index (κ2) is 6.93. The minimum atomic E-state index is -2.82. The minimum Gasteiger partial charge on any atom is -0.434 e. The van der Waals surface area contributed by atoms with Crippen molar-refractivity contribution in [3.63, 3.8) is 0 Å². The Morgan fingerprint density at radius 3 is 2.62 bits per heavy atom. The molecule has 0 aliphatic heterocycles. The first-order chi connectivity index (χ1) is 9.85. The van der Waals surface area contributed by atoms with E-state index >= 15 is 0 Å². The van der Waals surface area contributed by atoms with E-state index in [0.717, 1.165) is 12.8 Å². The molecule has 1 aliphatic rings. The third-order valence-electron chi connectivity index (χ3n) is 4.16. The van der Waals surface area contributed by atoms with Gasteiger partial charge < -0.3 is 10.1 Å². The molecule has 0 amide bonds. The number of hydrogen-bond donors (Lipinski definition) is 1. The fourth-order valence-electron chi connectivity index (χ4n) is 2.75. The van der Waals surface area contributed by atoms with Gasteiger partial charge in [0.25, 0.3) is 0 Å². The molecule has 2 nitrogen and oxygen atoms in total. The summed E-state index contributed by atoms with van der Waals surface area (Å²) in [6, 6.07) is 5.16. The summed E-state index contributed by atoms with van der Waals surface area (Å²) in [5, 5.41) is 3.96. The standard InChI is InChI=1S/C16H22ClF2NO/c1-16(2)7-5-13(6-8-16)20-10-11-9-12(17)3-4-14(11)21-15(18)19/h3-4,9,13,15,20H,5-8,10H2,1-2H3. The van der Waals surface area contributed by atoms with Crippen LogP contribution in [0.5, 0.6) is 5.75 Å². The number of ether oxygens (including phenoxy) is 1. The van der Waals surface area contributed by atoms with Crippen LogP contribution in [0.15, 0.2) is 18.2 Å². The van der Waals surface area contributed by atoms with Crippen LogP contribution in [-0.4, -0.2) is 12.7 Å². The summed E-state index contributed by atoms with van der Waals surface area (Å²) in [7, 11) is 0. The number of hydrogen-bond acceptors (Lipinski definition) is 2. The van der Waals surface area contributed by atoms with E-state index in [9.17, 15) is 8.78 Å². The number of nitrogens with one attached hydrogen (secondary N) is 1. The number of halogens is 3. The molecule has 118 valence electrons. The highest BCUT2D eigenvalue weighted by Gasteiger charge is 2.26. The molecule has 1 fully saturated rings. The Bertz CT molecular complexity index is 469. The van der Waals surface area contributed by atoms with Gasteiger partial charge in [0.15, 0.2) is 0 Å². The topological polar surface area (TPSA) is 21.3 Å². The molecule has 1 saturated carbocycles. The fraction of sp³-hybridized carbons (Fsp3) is 0.625. The van der Waals surface area contributed by atoms with E-state index in [2.05, 4.69) is 23.9 Å². The lowest BCUT2D eigenvalue weighted by Gasteiger charge is -2.34. The van der Waals surface area contributed by atoms with E-state index in [4.69, 9.17) is 11.6 Å². The third-order valence-corrected chi connectivity index (χ3v) is 4.39. The molecule has 1 N–H and O–H groups in total. The summed E-state index contributed by atoms with van der Waals surface area (Å²) in [6.07, 6.45) is 4.58.